The summed E-state index contributed by atoms with van der Waals surface area (Å²) in [4.78, 5) is 0. The summed E-state index contributed by atoms with van der Waals surface area (Å²) in [6.45, 7) is 10.4. The average molecular weight is 318 g/mol. The third-order valence-electron chi connectivity index (χ3n) is 3.73. The number of aliphatic hydroxyl groups is 1. The Hall–Kier alpha value is -0.390. The maximum atomic E-state index is 10.1. The minimum atomic E-state index is -0.786. The molecule has 0 saturated heterocycles. The Morgan fingerprint density at radius 2 is 1.89 bits per heavy atom. The van der Waals surface area contributed by atoms with Crippen molar-refractivity contribution in [3.63, 3.8) is 0 Å². The second kappa shape index (κ2) is 5.31. The lowest BCUT2D eigenvalue weighted by Crippen LogP contribution is -2.55. The number of rotatable bonds is 5. The zero-order valence-electron chi connectivity index (χ0n) is 12.1. The van der Waals surface area contributed by atoms with E-state index in [1.807, 2.05) is 39.4 Å². The van der Waals surface area contributed by atoms with Crippen molar-refractivity contribution in [2.24, 2.45) is 7.05 Å². The summed E-state index contributed by atoms with van der Waals surface area (Å²) in [6.07, 6.45) is 0.906. The van der Waals surface area contributed by atoms with Crippen LogP contribution in [0.5, 0.6) is 0 Å². The summed E-state index contributed by atoms with van der Waals surface area (Å²) in [5.41, 5.74) is 1.01. The minimum absolute atomic E-state index is 0.372. The van der Waals surface area contributed by atoms with E-state index in [0.717, 1.165) is 22.3 Å². The van der Waals surface area contributed by atoms with E-state index >= 15 is 0 Å². The highest BCUT2D eigenvalue weighted by atomic mass is 79.9. The molecule has 1 rings (SSSR count). The fourth-order valence-corrected chi connectivity index (χ4v) is 2.29. The van der Waals surface area contributed by atoms with Crippen molar-refractivity contribution in [3.8, 4) is 0 Å². The topological polar surface area (TPSA) is 50.1 Å². The van der Waals surface area contributed by atoms with E-state index in [0.29, 0.717) is 6.54 Å². The van der Waals surface area contributed by atoms with Gasteiger partial charge in [0.25, 0.3) is 0 Å². The maximum absolute atomic E-state index is 10.1. The molecule has 0 bridgehead atoms. The number of nitrogens with one attached hydrogen (secondary N) is 1. The molecule has 5 heteroatoms. The number of hydrogen-bond acceptors (Lipinski definition) is 3. The molecule has 18 heavy (non-hydrogen) atoms. The molecule has 0 aliphatic carbocycles. The molecule has 0 radical (unpaired) electrons. The van der Waals surface area contributed by atoms with Crippen LogP contribution < -0.4 is 5.32 Å². The van der Waals surface area contributed by atoms with Gasteiger partial charge >= 0.3 is 0 Å². The molecular weight excluding hydrogens is 294 g/mol. The predicted octanol–water partition coefficient (Wildman–Crippen LogP) is 2.38. The summed E-state index contributed by atoms with van der Waals surface area (Å²) in [6, 6.07) is 0. The molecule has 2 N–H and O–H groups in total. The highest BCUT2D eigenvalue weighted by Crippen LogP contribution is 2.24. The molecule has 0 aliphatic rings. The highest BCUT2D eigenvalue weighted by molar-refractivity contribution is 9.10. The van der Waals surface area contributed by atoms with Crippen LogP contribution in [0.15, 0.2) is 4.47 Å². The smallest absolute Gasteiger partial charge is 0.0767 e. The van der Waals surface area contributed by atoms with E-state index in [9.17, 15) is 5.11 Å². The average Bonchev–Trinajstić information content (AvgIpc) is 2.50. The van der Waals surface area contributed by atoms with Crippen LogP contribution in [0.3, 0.4) is 0 Å². The lowest BCUT2D eigenvalue weighted by Gasteiger charge is -2.38. The zero-order chi connectivity index (χ0) is 14.1. The Morgan fingerprint density at radius 1 is 1.33 bits per heavy atom. The van der Waals surface area contributed by atoms with Gasteiger partial charge in [-0.05, 0) is 50.0 Å². The molecule has 0 spiro atoms. The van der Waals surface area contributed by atoms with Crippen LogP contribution in [0, 0.1) is 0 Å². The van der Waals surface area contributed by atoms with Crippen molar-refractivity contribution in [1.29, 1.82) is 0 Å². The molecule has 1 heterocycles. The lowest BCUT2D eigenvalue weighted by atomic mass is 9.86. The molecule has 1 aromatic heterocycles. The Kier molecular flexibility index (Phi) is 4.62. The van der Waals surface area contributed by atoms with Crippen molar-refractivity contribution < 1.29 is 5.11 Å². The van der Waals surface area contributed by atoms with Gasteiger partial charge in [0.05, 0.1) is 21.5 Å². The largest absolute Gasteiger partial charge is 0.389 e. The van der Waals surface area contributed by atoms with E-state index in [1.165, 1.54) is 0 Å². The van der Waals surface area contributed by atoms with Crippen LogP contribution >= 0.6 is 15.9 Å². The molecule has 104 valence electrons. The van der Waals surface area contributed by atoms with Gasteiger partial charge in [-0.25, -0.2) is 0 Å². The first-order chi connectivity index (χ1) is 8.10. The first-order valence-electron chi connectivity index (χ1n) is 6.27. The third-order valence-corrected chi connectivity index (χ3v) is 4.65. The third kappa shape index (κ3) is 3.13. The molecule has 0 saturated carbocycles. The van der Waals surface area contributed by atoms with Crippen molar-refractivity contribution in [1.82, 2.24) is 15.1 Å². The fraction of sp³-hybridized carbons (Fsp3) is 0.769. The summed E-state index contributed by atoms with van der Waals surface area (Å²) in [7, 11) is 1.94. The molecule has 0 fully saturated rings. The first kappa shape index (κ1) is 15.7. The lowest BCUT2D eigenvalue weighted by molar-refractivity contribution is -0.00560. The quantitative estimate of drug-likeness (QED) is 0.876. The number of aryl methyl sites for hydroxylation is 2. The Balaban J connectivity index is 2.85. The number of aromatic nitrogens is 2. The SMILES string of the molecule is CCc1nn(C)c(CNC(C)(C)C(C)(C)O)c1Br. The van der Waals surface area contributed by atoms with Crippen molar-refractivity contribution in [3.05, 3.63) is 15.9 Å². The van der Waals surface area contributed by atoms with Crippen LogP contribution in [-0.2, 0) is 20.0 Å². The van der Waals surface area contributed by atoms with Crippen LogP contribution in [0.4, 0.5) is 0 Å². The molecular formula is C13H24BrN3O. The zero-order valence-corrected chi connectivity index (χ0v) is 13.7. The van der Waals surface area contributed by atoms with Gasteiger partial charge in [-0.3, -0.25) is 4.68 Å². The van der Waals surface area contributed by atoms with Gasteiger partial charge in [0.1, 0.15) is 0 Å². The van der Waals surface area contributed by atoms with E-state index in [-0.39, 0.29) is 5.54 Å². The summed E-state index contributed by atoms with van der Waals surface area (Å²) >= 11 is 3.59. The van der Waals surface area contributed by atoms with Gasteiger partial charge in [0.2, 0.25) is 0 Å². The van der Waals surface area contributed by atoms with E-state index in [2.05, 4.69) is 33.3 Å². The molecule has 0 atom stereocenters. The number of hydrogen-bond donors (Lipinski definition) is 2. The van der Waals surface area contributed by atoms with E-state index in [1.54, 1.807) is 0 Å². The second-order valence-electron chi connectivity index (χ2n) is 5.72. The summed E-state index contributed by atoms with van der Waals surface area (Å²) in [5, 5.41) is 18.0. The standard InChI is InChI=1S/C13H24BrN3O/c1-7-9-11(14)10(17(6)16-9)8-15-12(2,3)13(4,5)18/h15,18H,7-8H2,1-6H3. The van der Waals surface area contributed by atoms with Gasteiger partial charge in [-0.1, -0.05) is 6.92 Å². The maximum Gasteiger partial charge on any atom is 0.0767 e. The molecule has 0 unspecified atom stereocenters. The highest BCUT2D eigenvalue weighted by Gasteiger charge is 2.34. The summed E-state index contributed by atoms with van der Waals surface area (Å²) in [5.74, 6) is 0. The molecule has 0 aliphatic heterocycles. The fourth-order valence-electron chi connectivity index (χ4n) is 1.53. The Morgan fingerprint density at radius 3 is 2.28 bits per heavy atom. The van der Waals surface area contributed by atoms with Gasteiger partial charge in [0.15, 0.2) is 0 Å². The number of halogens is 1. The van der Waals surface area contributed by atoms with Crippen LogP contribution in [-0.4, -0.2) is 26.0 Å². The van der Waals surface area contributed by atoms with E-state index < -0.39 is 5.60 Å². The van der Waals surface area contributed by atoms with Gasteiger partial charge in [-0.15, -0.1) is 0 Å². The molecule has 0 aromatic carbocycles. The Labute approximate surface area is 118 Å². The minimum Gasteiger partial charge on any atom is -0.389 e. The van der Waals surface area contributed by atoms with Crippen LogP contribution in [0.25, 0.3) is 0 Å². The van der Waals surface area contributed by atoms with Gasteiger partial charge in [-0.2, -0.15) is 5.10 Å². The van der Waals surface area contributed by atoms with Crippen molar-refractivity contribution in [2.75, 3.05) is 0 Å². The first-order valence-corrected chi connectivity index (χ1v) is 7.07. The predicted molar refractivity (Wildman–Crippen MR) is 77.5 cm³/mol. The van der Waals surface area contributed by atoms with Gasteiger partial charge in [0, 0.05) is 19.1 Å². The normalized spacial score (nSPS) is 13.1. The van der Waals surface area contributed by atoms with E-state index in [4.69, 9.17) is 0 Å². The van der Waals surface area contributed by atoms with Crippen molar-refractivity contribution in [2.45, 2.75) is 58.7 Å². The molecule has 0 amide bonds. The van der Waals surface area contributed by atoms with Crippen molar-refractivity contribution >= 4 is 15.9 Å². The number of nitrogens with zero attached hydrogens (tertiary/aromatic N) is 2. The monoisotopic (exact) mass is 317 g/mol. The Bertz CT molecular complexity index is 419. The van der Waals surface area contributed by atoms with Gasteiger partial charge < -0.3 is 10.4 Å². The molecule has 4 nitrogen and oxygen atoms in total. The summed E-state index contributed by atoms with van der Waals surface area (Å²) < 4.78 is 2.95. The van der Waals surface area contributed by atoms with Crippen LogP contribution in [0.1, 0.15) is 46.0 Å². The molecule has 1 aromatic rings. The second-order valence-corrected chi connectivity index (χ2v) is 6.52. The van der Waals surface area contributed by atoms with Crippen LogP contribution in [0.2, 0.25) is 0 Å².